The van der Waals surface area contributed by atoms with Crippen molar-refractivity contribution >= 4 is 23.4 Å². The number of carbonyl (C=O) groups is 2. The minimum atomic E-state index is -0.490. The Labute approximate surface area is 197 Å². The third-order valence-electron chi connectivity index (χ3n) is 5.43. The second-order valence-electron chi connectivity index (χ2n) is 7.92. The first-order valence-corrected chi connectivity index (χ1v) is 11.8. The zero-order valence-electron chi connectivity index (χ0n) is 19.4. The van der Waals surface area contributed by atoms with Crippen LogP contribution in [0.25, 0.3) is 0 Å². The predicted molar refractivity (Wildman–Crippen MR) is 130 cm³/mol. The van der Waals surface area contributed by atoms with E-state index in [0.717, 1.165) is 29.7 Å². The van der Waals surface area contributed by atoms with Crippen molar-refractivity contribution in [2.45, 2.75) is 65.5 Å². The van der Waals surface area contributed by atoms with Crippen LogP contribution in [0.2, 0.25) is 5.02 Å². The molecule has 0 aliphatic heterocycles. The topological polar surface area (TPSA) is 58.6 Å². The number of amides is 2. The second-order valence-corrected chi connectivity index (χ2v) is 8.36. The number of benzene rings is 2. The minimum Gasteiger partial charge on any atom is -0.494 e. The van der Waals surface area contributed by atoms with Crippen molar-refractivity contribution in [2.75, 3.05) is 13.2 Å². The van der Waals surface area contributed by atoms with E-state index in [2.05, 4.69) is 12.2 Å². The standard InChI is InChI=1S/C26H35ClN2O3/c1-4-6-17-28-26(31)24(5-2)29(19-21-11-8-7-10-20(21)3)25(30)12-9-18-32-23-15-13-22(27)14-16-23/h7-8,10-11,13-16,24H,4-6,9,12,17-19H2,1-3H3,(H,28,31)/t24-/m1/s1. The summed E-state index contributed by atoms with van der Waals surface area (Å²) >= 11 is 5.90. The molecule has 0 saturated carbocycles. The fourth-order valence-electron chi connectivity index (χ4n) is 3.48. The average molecular weight is 459 g/mol. The first kappa shape index (κ1) is 25.7. The molecule has 0 fully saturated rings. The van der Waals surface area contributed by atoms with Crippen molar-refractivity contribution in [1.82, 2.24) is 10.2 Å². The van der Waals surface area contributed by atoms with Crippen molar-refractivity contribution in [3.63, 3.8) is 0 Å². The summed E-state index contributed by atoms with van der Waals surface area (Å²) in [5.74, 6) is 0.603. The van der Waals surface area contributed by atoms with Gasteiger partial charge in [0, 0.05) is 24.5 Å². The molecule has 2 aromatic carbocycles. The Kier molecular flexibility index (Phi) is 11.1. The number of ether oxygens (including phenoxy) is 1. The lowest BCUT2D eigenvalue weighted by Gasteiger charge is -2.31. The molecule has 0 aliphatic rings. The highest BCUT2D eigenvalue weighted by Gasteiger charge is 2.28. The predicted octanol–water partition coefficient (Wildman–Crippen LogP) is 5.53. The number of unbranched alkanes of at least 4 members (excludes halogenated alkanes) is 1. The van der Waals surface area contributed by atoms with Crippen LogP contribution in [0.4, 0.5) is 0 Å². The minimum absolute atomic E-state index is 0.0366. The molecule has 0 saturated heterocycles. The van der Waals surface area contributed by atoms with Crippen molar-refractivity contribution in [1.29, 1.82) is 0 Å². The molecular formula is C26H35ClN2O3. The van der Waals surface area contributed by atoms with Gasteiger partial charge in [-0.1, -0.05) is 56.1 Å². The summed E-state index contributed by atoms with van der Waals surface area (Å²) in [6.45, 7) is 7.54. The molecular weight excluding hydrogens is 424 g/mol. The fraction of sp³-hybridized carbons (Fsp3) is 0.462. The molecule has 174 valence electrons. The summed E-state index contributed by atoms with van der Waals surface area (Å²) in [7, 11) is 0. The Morgan fingerprint density at radius 3 is 2.44 bits per heavy atom. The summed E-state index contributed by atoms with van der Waals surface area (Å²) in [5.41, 5.74) is 2.16. The Bertz CT molecular complexity index is 854. The highest BCUT2D eigenvalue weighted by Crippen LogP contribution is 2.18. The van der Waals surface area contributed by atoms with Gasteiger partial charge in [-0.25, -0.2) is 0 Å². The van der Waals surface area contributed by atoms with Gasteiger partial charge in [-0.15, -0.1) is 0 Å². The van der Waals surface area contributed by atoms with E-state index < -0.39 is 6.04 Å². The molecule has 0 radical (unpaired) electrons. The summed E-state index contributed by atoms with van der Waals surface area (Å²) < 4.78 is 5.72. The maximum absolute atomic E-state index is 13.2. The van der Waals surface area contributed by atoms with E-state index in [9.17, 15) is 9.59 Å². The number of hydrogen-bond acceptors (Lipinski definition) is 3. The van der Waals surface area contributed by atoms with Crippen LogP contribution in [0.3, 0.4) is 0 Å². The van der Waals surface area contributed by atoms with Gasteiger partial charge in [0.15, 0.2) is 0 Å². The van der Waals surface area contributed by atoms with Gasteiger partial charge in [0.25, 0.3) is 0 Å². The lowest BCUT2D eigenvalue weighted by molar-refractivity contribution is -0.141. The molecule has 1 N–H and O–H groups in total. The molecule has 0 spiro atoms. The monoisotopic (exact) mass is 458 g/mol. The molecule has 0 bridgehead atoms. The van der Waals surface area contributed by atoms with Crippen LogP contribution < -0.4 is 10.1 Å². The third kappa shape index (κ3) is 8.19. The number of rotatable bonds is 13. The van der Waals surface area contributed by atoms with Crippen LogP contribution in [0, 0.1) is 6.92 Å². The number of nitrogens with zero attached hydrogens (tertiary/aromatic N) is 1. The van der Waals surface area contributed by atoms with Crippen LogP contribution in [0.15, 0.2) is 48.5 Å². The van der Waals surface area contributed by atoms with E-state index in [-0.39, 0.29) is 11.8 Å². The Morgan fingerprint density at radius 2 is 1.78 bits per heavy atom. The molecule has 2 rings (SSSR count). The number of carbonyl (C=O) groups excluding carboxylic acids is 2. The Hall–Kier alpha value is -2.53. The molecule has 0 aliphatic carbocycles. The van der Waals surface area contributed by atoms with E-state index in [1.807, 2.05) is 50.2 Å². The fourth-order valence-corrected chi connectivity index (χ4v) is 3.61. The van der Waals surface area contributed by atoms with Crippen LogP contribution in [-0.2, 0) is 16.1 Å². The summed E-state index contributed by atoms with van der Waals surface area (Å²) in [6, 6.07) is 14.7. The molecule has 2 aromatic rings. The highest BCUT2D eigenvalue weighted by atomic mass is 35.5. The van der Waals surface area contributed by atoms with Gasteiger partial charge in [-0.05, 0) is 61.6 Å². The van der Waals surface area contributed by atoms with E-state index in [0.29, 0.717) is 44.0 Å². The zero-order valence-corrected chi connectivity index (χ0v) is 20.2. The van der Waals surface area contributed by atoms with Gasteiger partial charge < -0.3 is 15.0 Å². The Morgan fingerprint density at radius 1 is 1.06 bits per heavy atom. The number of nitrogens with one attached hydrogen (secondary N) is 1. The SMILES string of the molecule is CCCCNC(=O)[C@@H](CC)N(Cc1ccccc1C)C(=O)CCCOc1ccc(Cl)cc1. The largest absolute Gasteiger partial charge is 0.494 e. The van der Waals surface area contributed by atoms with Gasteiger partial charge in [-0.2, -0.15) is 0 Å². The third-order valence-corrected chi connectivity index (χ3v) is 5.69. The van der Waals surface area contributed by atoms with Crippen LogP contribution >= 0.6 is 11.6 Å². The number of halogens is 1. The summed E-state index contributed by atoms with van der Waals surface area (Å²) in [4.78, 5) is 27.8. The van der Waals surface area contributed by atoms with Gasteiger partial charge in [0.05, 0.1) is 6.61 Å². The molecule has 0 aromatic heterocycles. The first-order chi connectivity index (χ1) is 15.5. The Balaban J connectivity index is 2.04. The van der Waals surface area contributed by atoms with E-state index >= 15 is 0 Å². The van der Waals surface area contributed by atoms with Crippen molar-refractivity contribution in [3.05, 3.63) is 64.7 Å². The van der Waals surface area contributed by atoms with Crippen molar-refractivity contribution in [3.8, 4) is 5.75 Å². The summed E-state index contributed by atoms with van der Waals surface area (Å²) in [6.07, 6.45) is 3.39. The smallest absolute Gasteiger partial charge is 0.242 e. The zero-order chi connectivity index (χ0) is 23.3. The number of hydrogen-bond donors (Lipinski definition) is 1. The molecule has 32 heavy (non-hydrogen) atoms. The maximum Gasteiger partial charge on any atom is 0.242 e. The number of aryl methyl sites for hydroxylation is 1. The normalized spacial score (nSPS) is 11.6. The first-order valence-electron chi connectivity index (χ1n) is 11.5. The quantitative estimate of drug-likeness (QED) is 0.401. The molecule has 0 unspecified atom stereocenters. The van der Waals surface area contributed by atoms with Gasteiger partial charge in [0.2, 0.25) is 11.8 Å². The molecule has 6 heteroatoms. The van der Waals surface area contributed by atoms with Crippen molar-refractivity contribution in [2.24, 2.45) is 0 Å². The second kappa shape index (κ2) is 13.8. The highest BCUT2D eigenvalue weighted by molar-refractivity contribution is 6.30. The lowest BCUT2D eigenvalue weighted by Crippen LogP contribution is -2.49. The molecule has 5 nitrogen and oxygen atoms in total. The summed E-state index contributed by atoms with van der Waals surface area (Å²) in [5, 5.41) is 3.65. The van der Waals surface area contributed by atoms with Gasteiger partial charge in [-0.3, -0.25) is 9.59 Å². The maximum atomic E-state index is 13.2. The average Bonchev–Trinajstić information content (AvgIpc) is 2.79. The van der Waals surface area contributed by atoms with Crippen LogP contribution in [0.1, 0.15) is 57.1 Å². The molecule has 2 amide bonds. The van der Waals surface area contributed by atoms with Gasteiger partial charge in [0.1, 0.15) is 11.8 Å². The van der Waals surface area contributed by atoms with E-state index in [1.54, 1.807) is 17.0 Å². The molecule has 0 heterocycles. The van der Waals surface area contributed by atoms with Crippen LogP contribution in [-0.4, -0.2) is 35.9 Å². The lowest BCUT2D eigenvalue weighted by atomic mass is 10.1. The van der Waals surface area contributed by atoms with Gasteiger partial charge >= 0.3 is 0 Å². The van der Waals surface area contributed by atoms with Crippen LogP contribution in [0.5, 0.6) is 5.75 Å². The van der Waals surface area contributed by atoms with Crippen molar-refractivity contribution < 1.29 is 14.3 Å². The molecule has 1 atom stereocenters. The van der Waals surface area contributed by atoms with E-state index in [1.165, 1.54) is 0 Å². The van der Waals surface area contributed by atoms with E-state index in [4.69, 9.17) is 16.3 Å².